The van der Waals surface area contributed by atoms with Crippen LogP contribution in [0.2, 0.25) is 0 Å². The monoisotopic (exact) mass is 304 g/mol. The number of aliphatic hydroxyl groups excluding tert-OH is 1. The molecule has 0 spiro atoms. The molecule has 2 aromatic rings. The van der Waals surface area contributed by atoms with Crippen molar-refractivity contribution in [3.8, 4) is 0 Å². The second-order valence-electron chi connectivity index (χ2n) is 4.64. The summed E-state index contributed by atoms with van der Waals surface area (Å²) in [5.74, 6) is 0. The predicted octanol–water partition coefficient (Wildman–Crippen LogP) is 3.90. The molecule has 1 atom stereocenters. The van der Waals surface area contributed by atoms with Crippen LogP contribution in [0.15, 0.2) is 53.0 Å². The zero-order valence-corrected chi connectivity index (χ0v) is 12.0. The highest BCUT2D eigenvalue weighted by atomic mass is 79.9. The Bertz CT molecular complexity index is 505. The summed E-state index contributed by atoms with van der Waals surface area (Å²) in [4.78, 5) is 0. The highest BCUT2D eigenvalue weighted by Gasteiger charge is 2.08. The SMILES string of the molecule is Cc1ccc(CC(O)Cc2ccccc2Br)cc1. The van der Waals surface area contributed by atoms with Crippen molar-refractivity contribution in [2.45, 2.75) is 25.9 Å². The first kappa shape index (κ1) is 13.3. The van der Waals surface area contributed by atoms with Gasteiger partial charge in [-0.25, -0.2) is 0 Å². The minimum absolute atomic E-state index is 0.341. The van der Waals surface area contributed by atoms with Crippen molar-refractivity contribution >= 4 is 15.9 Å². The quantitative estimate of drug-likeness (QED) is 0.908. The van der Waals surface area contributed by atoms with Crippen molar-refractivity contribution in [2.75, 3.05) is 0 Å². The molecule has 2 heteroatoms. The van der Waals surface area contributed by atoms with Gasteiger partial charge >= 0.3 is 0 Å². The maximum atomic E-state index is 10.1. The third-order valence-electron chi connectivity index (χ3n) is 3.01. The van der Waals surface area contributed by atoms with Crippen molar-refractivity contribution in [1.29, 1.82) is 0 Å². The molecule has 0 bridgehead atoms. The summed E-state index contributed by atoms with van der Waals surface area (Å²) < 4.78 is 1.06. The highest BCUT2D eigenvalue weighted by Crippen LogP contribution is 2.18. The Morgan fingerprint density at radius 2 is 1.67 bits per heavy atom. The van der Waals surface area contributed by atoms with E-state index in [0.717, 1.165) is 10.0 Å². The van der Waals surface area contributed by atoms with Gasteiger partial charge in [-0.2, -0.15) is 0 Å². The van der Waals surface area contributed by atoms with E-state index in [0.29, 0.717) is 12.8 Å². The van der Waals surface area contributed by atoms with Gasteiger partial charge in [0.1, 0.15) is 0 Å². The first-order chi connectivity index (χ1) is 8.65. The lowest BCUT2D eigenvalue weighted by Crippen LogP contribution is -2.14. The average Bonchev–Trinajstić information content (AvgIpc) is 2.35. The lowest BCUT2D eigenvalue weighted by molar-refractivity contribution is 0.175. The van der Waals surface area contributed by atoms with Crippen molar-refractivity contribution in [2.24, 2.45) is 0 Å². The van der Waals surface area contributed by atoms with E-state index in [2.05, 4.69) is 47.1 Å². The standard InChI is InChI=1S/C16H17BrO/c1-12-6-8-13(9-7-12)10-15(18)11-14-4-2-3-5-16(14)17/h2-9,15,18H,10-11H2,1H3. The van der Waals surface area contributed by atoms with E-state index in [1.54, 1.807) is 0 Å². The summed E-state index contributed by atoms with van der Waals surface area (Å²) in [6.07, 6.45) is 1.03. The van der Waals surface area contributed by atoms with E-state index in [4.69, 9.17) is 0 Å². The van der Waals surface area contributed by atoms with Crippen LogP contribution in [0.1, 0.15) is 16.7 Å². The number of aliphatic hydroxyl groups is 1. The predicted molar refractivity (Wildman–Crippen MR) is 78.7 cm³/mol. The molecule has 0 amide bonds. The molecule has 0 saturated carbocycles. The van der Waals surface area contributed by atoms with Gasteiger partial charge in [-0.05, 0) is 37.0 Å². The summed E-state index contributed by atoms with van der Waals surface area (Å²) in [6, 6.07) is 16.4. The summed E-state index contributed by atoms with van der Waals surface area (Å²) in [5.41, 5.74) is 3.58. The van der Waals surface area contributed by atoms with Crippen LogP contribution in [0.5, 0.6) is 0 Å². The van der Waals surface area contributed by atoms with Crippen molar-refractivity contribution in [3.63, 3.8) is 0 Å². The largest absolute Gasteiger partial charge is 0.392 e. The number of hydrogen-bond donors (Lipinski definition) is 1. The molecule has 0 heterocycles. The van der Waals surface area contributed by atoms with Crippen molar-refractivity contribution in [3.05, 3.63) is 69.7 Å². The Morgan fingerprint density at radius 3 is 2.33 bits per heavy atom. The molecule has 0 fully saturated rings. The molecular formula is C16H17BrO. The first-order valence-corrected chi connectivity index (χ1v) is 6.91. The normalized spacial score (nSPS) is 12.4. The van der Waals surface area contributed by atoms with Crippen LogP contribution in [0.3, 0.4) is 0 Å². The van der Waals surface area contributed by atoms with Gasteiger partial charge in [0.15, 0.2) is 0 Å². The van der Waals surface area contributed by atoms with Gasteiger partial charge in [0.2, 0.25) is 0 Å². The molecule has 0 aliphatic carbocycles. The van der Waals surface area contributed by atoms with Crippen molar-refractivity contribution < 1.29 is 5.11 Å². The Balaban J connectivity index is 1.99. The molecule has 1 nitrogen and oxygen atoms in total. The number of halogens is 1. The molecular weight excluding hydrogens is 288 g/mol. The molecule has 2 rings (SSSR count). The van der Waals surface area contributed by atoms with E-state index < -0.39 is 0 Å². The second kappa shape index (κ2) is 6.17. The number of benzene rings is 2. The molecule has 0 radical (unpaired) electrons. The van der Waals surface area contributed by atoms with Gasteiger partial charge in [0.05, 0.1) is 6.10 Å². The Morgan fingerprint density at radius 1 is 1.00 bits per heavy atom. The molecule has 2 aromatic carbocycles. The van der Waals surface area contributed by atoms with Crippen LogP contribution in [-0.2, 0) is 12.8 Å². The van der Waals surface area contributed by atoms with Gasteiger partial charge in [-0.3, -0.25) is 0 Å². The molecule has 0 aliphatic heterocycles. The third-order valence-corrected chi connectivity index (χ3v) is 3.78. The van der Waals surface area contributed by atoms with Crippen LogP contribution < -0.4 is 0 Å². The first-order valence-electron chi connectivity index (χ1n) is 6.12. The van der Waals surface area contributed by atoms with E-state index in [1.807, 2.05) is 24.3 Å². The molecule has 1 unspecified atom stereocenters. The lowest BCUT2D eigenvalue weighted by atomic mass is 10.0. The Labute approximate surface area is 117 Å². The maximum absolute atomic E-state index is 10.1. The van der Waals surface area contributed by atoms with Gasteiger partial charge in [0, 0.05) is 4.47 Å². The van der Waals surface area contributed by atoms with Crippen LogP contribution in [0, 0.1) is 6.92 Å². The fraction of sp³-hybridized carbons (Fsp3) is 0.250. The fourth-order valence-electron chi connectivity index (χ4n) is 1.99. The Hall–Kier alpha value is -1.12. The topological polar surface area (TPSA) is 20.2 Å². The van der Waals surface area contributed by atoms with Gasteiger partial charge in [-0.15, -0.1) is 0 Å². The zero-order chi connectivity index (χ0) is 13.0. The molecule has 0 aromatic heterocycles. The van der Waals surface area contributed by atoms with E-state index in [1.165, 1.54) is 11.1 Å². The highest BCUT2D eigenvalue weighted by molar-refractivity contribution is 9.10. The van der Waals surface area contributed by atoms with Crippen LogP contribution in [-0.4, -0.2) is 11.2 Å². The van der Waals surface area contributed by atoms with E-state index in [-0.39, 0.29) is 6.10 Å². The number of aryl methyl sites for hydroxylation is 1. The number of hydrogen-bond acceptors (Lipinski definition) is 1. The Kier molecular flexibility index (Phi) is 4.56. The molecule has 0 aliphatic rings. The fourth-order valence-corrected chi connectivity index (χ4v) is 2.43. The van der Waals surface area contributed by atoms with Crippen LogP contribution >= 0.6 is 15.9 Å². The molecule has 18 heavy (non-hydrogen) atoms. The maximum Gasteiger partial charge on any atom is 0.0621 e. The van der Waals surface area contributed by atoms with Gasteiger partial charge in [-0.1, -0.05) is 64.0 Å². The van der Waals surface area contributed by atoms with E-state index >= 15 is 0 Å². The summed E-state index contributed by atoms with van der Waals surface area (Å²) in [7, 11) is 0. The molecule has 0 saturated heterocycles. The van der Waals surface area contributed by atoms with E-state index in [9.17, 15) is 5.11 Å². The minimum Gasteiger partial charge on any atom is -0.392 e. The average molecular weight is 305 g/mol. The number of rotatable bonds is 4. The van der Waals surface area contributed by atoms with Gasteiger partial charge in [0.25, 0.3) is 0 Å². The van der Waals surface area contributed by atoms with Crippen LogP contribution in [0.25, 0.3) is 0 Å². The smallest absolute Gasteiger partial charge is 0.0621 e. The summed E-state index contributed by atoms with van der Waals surface area (Å²) in [6.45, 7) is 2.07. The zero-order valence-electron chi connectivity index (χ0n) is 10.4. The summed E-state index contributed by atoms with van der Waals surface area (Å²) >= 11 is 3.51. The summed E-state index contributed by atoms with van der Waals surface area (Å²) in [5, 5.41) is 10.1. The minimum atomic E-state index is -0.341. The lowest BCUT2D eigenvalue weighted by Gasteiger charge is -2.12. The third kappa shape index (κ3) is 3.69. The van der Waals surface area contributed by atoms with Gasteiger partial charge < -0.3 is 5.11 Å². The molecule has 1 N–H and O–H groups in total. The van der Waals surface area contributed by atoms with Crippen LogP contribution in [0.4, 0.5) is 0 Å². The van der Waals surface area contributed by atoms with Crippen molar-refractivity contribution in [1.82, 2.24) is 0 Å². The molecule has 94 valence electrons. The second-order valence-corrected chi connectivity index (χ2v) is 5.49.